The zero-order chi connectivity index (χ0) is 17.0. The van der Waals surface area contributed by atoms with Crippen LogP contribution < -0.4 is 15.2 Å². The first kappa shape index (κ1) is 17.5. The molecule has 0 spiro atoms. The van der Waals surface area contributed by atoms with E-state index in [1.54, 1.807) is 24.1 Å². The molecular formula is C16H22F2N2O3. The molecule has 128 valence electrons. The largest absolute Gasteiger partial charge is 0.493 e. The molecule has 5 nitrogen and oxygen atoms in total. The lowest BCUT2D eigenvalue weighted by Gasteiger charge is -2.22. The number of amides is 1. The molecule has 1 aromatic rings. The first-order chi connectivity index (χ1) is 10.9. The van der Waals surface area contributed by atoms with Crippen LogP contribution in [0.4, 0.5) is 8.78 Å². The number of alkyl halides is 2. The molecule has 1 saturated carbocycles. The molecule has 0 radical (unpaired) electrons. The van der Waals surface area contributed by atoms with Gasteiger partial charge in [-0.15, -0.1) is 0 Å². The minimum Gasteiger partial charge on any atom is -0.493 e. The number of ether oxygens (including phenoxy) is 2. The van der Waals surface area contributed by atoms with Gasteiger partial charge in [0.15, 0.2) is 11.5 Å². The zero-order valence-electron chi connectivity index (χ0n) is 13.3. The fourth-order valence-electron chi connectivity index (χ4n) is 2.91. The molecule has 0 aromatic heterocycles. The number of methoxy groups -OCH3 is 1. The molecular weight excluding hydrogens is 306 g/mol. The number of carbonyl (C=O) groups is 1. The Bertz CT molecular complexity index is 554. The van der Waals surface area contributed by atoms with E-state index in [0.717, 1.165) is 12.8 Å². The summed E-state index contributed by atoms with van der Waals surface area (Å²) >= 11 is 0. The number of carbonyl (C=O) groups excluding carboxylic acids is 1. The lowest BCUT2D eigenvalue weighted by molar-refractivity contribution is -0.134. The van der Waals surface area contributed by atoms with Crippen LogP contribution in [0.1, 0.15) is 24.8 Å². The molecule has 23 heavy (non-hydrogen) atoms. The fraction of sp³-hybridized carbons (Fsp3) is 0.562. The van der Waals surface area contributed by atoms with Crippen molar-refractivity contribution in [3.05, 3.63) is 23.8 Å². The summed E-state index contributed by atoms with van der Waals surface area (Å²) in [5.41, 5.74) is 6.54. The molecule has 2 N–H and O–H groups in total. The Morgan fingerprint density at radius 1 is 1.39 bits per heavy atom. The second-order valence-corrected chi connectivity index (χ2v) is 5.83. The first-order valence-corrected chi connectivity index (χ1v) is 7.53. The summed E-state index contributed by atoms with van der Waals surface area (Å²) in [6, 6.07) is 4.83. The molecule has 2 unspecified atom stereocenters. The topological polar surface area (TPSA) is 64.8 Å². The highest BCUT2D eigenvalue weighted by molar-refractivity contribution is 5.79. The summed E-state index contributed by atoms with van der Waals surface area (Å²) in [6.45, 7) is -2.62. The molecule has 0 heterocycles. The Labute approximate surface area is 134 Å². The Morgan fingerprint density at radius 2 is 2.13 bits per heavy atom. The molecule has 1 fully saturated rings. The lowest BCUT2D eigenvalue weighted by atomic mass is 10.1. The smallest absolute Gasteiger partial charge is 0.387 e. The molecule has 1 amide bonds. The monoisotopic (exact) mass is 328 g/mol. The van der Waals surface area contributed by atoms with Crippen molar-refractivity contribution in [1.82, 2.24) is 4.90 Å². The highest BCUT2D eigenvalue weighted by atomic mass is 19.3. The van der Waals surface area contributed by atoms with Gasteiger partial charge < -0.3 is 20.1 Å². The first-order valence-electron chi connectivity index (χ1n) is 7.53. The van der Waals surface area contributed by atoms with Crippen LogP contribution in [-0.2, 0) is 11.3 Å². The number of hydrogen-bond donors (Lipinski definition) is 1. The Kier molecular flexibility index (Phi) is 5.76. The minimum absolute atomic E-state index is 0.0325. The van der Waals surface area contributed by atoms with Crippen molar-refractivity contribution in [2.45, 2.75) is 38.5 Å². The predicted molar refractivity (Wildman–Crippen MR) is 81.4 cm³/mol. The van der Waals surface area contributed by atoms with E-state index >= 15 is 0 Å². The van der Waals surface area contributed by atoms with Gasteiger partial charge >= 0.3 is 6.61 Å². The lowest BCUT2D eigenvalue weighted by Crippen LogP contribution is -2.32. The summed E-state index contributed by atoms with van der Waals surface area (Å²) in [6.07, 6.45) is 2.36. The maximum atomic E-state index is 12.4. The van der Waals surface area contributed by atoms with Crippen molar-refractivity contribution in [3.8, 4) is 11.5 Å². The van der Waals surface area contributed by atoms with Crippen molar-refractivity contribution in [2.75, 3.05) is 14.2 Å². The molecule has 0 bridgehead atoms. The third kappa shape index (κ3) is 4.54. The minimum atomic E-state index is -2.93. The third-order valence-corrected chi connectivity index (χ3v) is 4.06. The van der Waals surface area contributed by atoms with E-state index in [-0.39, 0.29) is 29.4 Å². The van der Waals surface area contributed by atoms with E-state index in [0.29, 0.717) is 18.5 Å². The van der Waals surface area contributed by atoms with Gasteiger partial charge in [0.2, 0.25) is 5.91 Å². The molecule has 1 aromatic carbocycles. The van der Waals surface area contributed by atoms with Gasteiger partial charge in [0.05, 0.1) is 7.11 Å². The second kappa shape index (κ2) is 7.59. The van der Waals surface area contributed by atoms with Crippen LogP contribution in [0.15, 0.2) is 18.2 Å². The van der Waals surface area contributed by atoms with Crippen molar-refractivity contribution in [3.63, 3.8) is 0 Å². The van der Waals surface area contributed by atoms with Gasteiger partial charge in [0.1, 0.15) is 0 Å². The maximum absolute atomic E-state index is 12.4. The fourth-order valence-corrected chi connectivity index (χ4v) is 2.91. The van der Waals surface area contributed by atoms with Crippen LogP contribution in [-0.4, -0.2) is 37.6 Å². The standard InChI is InChI=1S/C16H22F2N2O3/c1-20(15(21)11-4-5-12(19)8-11)9-10-3-6-13(22-2)14(7-10)23-16(17)18/h3,6-7,11-12,16H,4-5,8-9,19H2,1-2H3. The quantitative estimate of drug-likeness (QED) is 0.871. The van der Waals surface area contributed by atoms with Gasteiger partial charge in [-0.3, -0.25) is 4.79 Å². The normalized spacial score (nSPS) is 20.6. The number of nitrogens with zero attached hydrogens (tertiary/aromatic N) is 1. The average molecular weight is 328 g/mol. The van der Waals surface area contributed by atoms with Crippen LogP contribution >= 0.6 is 0 Å². The summed E-state index contributed by atoms with van der Waals surface area (Å²) in [5.74, 6) is 0.170. The SMILES string of the molecule is COc1ccc(CN(C)C(=O)C2CCC(N)C2)cc1OC(F)F. The molecule has 2 atom stereocenters. The van der Waals surface area contributed by atoms with Crippen molar-refractivity contribution < 1.29 is 23.0 Å². The van der Waals surface area contributed by atoms with Gasteiger partial charge in [-0.05, 0) is 37.0 Å². The van der Waals surface area contributed by atoms with Crippen molar-refractivity contribution in [1.29, 1.82) is 0 Å². The molecule has 1 aliphatic rings. The number of hydrogen-bond acceptors (Lipinski definition) is 4. The number of rotatable bonds is 6. The van der Waals surface area contributed by atoms with Gasteiger partial charge in [-0.25, -0.2) is 0 Å². The van der Waals surface area contributed by atoms with E-state index in [9.17, 15) is 13.6 Å². The van der Waals surface area contributed by atoms with Gasteiger partial charge in [0, 0.05) is 25.6 Å². The second-order valence-electron chi connectivity index (χ2n) is 5.83. The van der Waals surface area contributed by atoms with Crippen molar-refractivity contribution >= 4 is 5.91 Å². The van der Waals surface area contributed by atoms with E-state index < -0.39 is 6.61 Å². The van der Waals surface area contributed by atoms with Gasteiger partial charge in [-0.1, -0.05) is 6.07 Å². The average Bonchev–Trinajstić information content (AvgIpc) is 2.92. The van der Waals surface area contributed by atoms with Crippen molar-refractivity contribution in [2.24, 2.45) is 11.7 Å². The summed E-state index contributed by atoms with van der Waals surface area (Å²) in [7, 11) is 3.08. The van der Waals surface area contributed by atoms with E-state index in [1.807, 2.05) is 0 Å². The summed E-state index contributed by atoms with van der Waals surface area (Å²) in [5, 5.41) is 0. The highest BCUT2D eigenvalue weighted by Gasteiger charge is 2.29. The van der Waals surface area contributed by atoms with Crippen LogP contribution in [0.3, 0.4) is 0 Å². The number of halogens is 2. The summed E-state index contributed by atoms with van der Waals surface area (Å²) in [4.78, 5) is 14.0. The molecule has 2 rings (SSSR count). The van der Waals surface area contributed by atoms with Crippen LogP contribution in [0.25, 0.3) is 0 Å². The molecule has 7 heteroatoms. The Hall–Kier alpha value is -1.89. The van der Waals surface area contributed by atoms with E-state index in [2.05, 4.69) is 4.74 Å². The zero-order valence-corrected chi connectivity index (χ0v) is 13.3. The molecule has 1 aliphatic carbocycles. The maximum Gasteiger partial charge on any atom is 0.387 e. The number of benzene rings is 1. The third-order valence-electron chi connectivity index (χ3n) is 4.06. The Morgan fingerprint density at radius 3 is 2.70 bits per heavy atom. The number of nitrogens with two attached hydrogens (primary N) is 1. The highest BCUT2D eigenvalue weighted by Crippen LogP contribution is 2.30. The van der Waals surface area contributed by atoms with E-state index in [4.69, 9.17) is 10.5 Å². The van der Waals surface area contributed by atoms with Crippen LogP contribution in [0.5, 0.6) is 11.5 Å². The molecule has 0 aliphatic heterocycles. The molecule has 0 saturated heterocycles. The predicted octanol–water partition coefficient (Wildman–Crippen LogP) is 2.38. The summed E-state index contributed by atoms with van der Waals surface area (Å²) < 4.78 is 34.3. The van der Waals surface area contributed by atoms with E-state index in [1.165, 1.54) is 13.2 Å². The van der Waals surface area contributed by atoms with Crippen LogP contribution in [0, 0.1) is 5.92 Å². The van der Waals surface area contributed by atoms with Gasteiger partial charge in [0.25, 0.3) is 0 Å². The van der Waals surface area contributed by atoms with Crippen LogP contribution in [0.2, 0.25) is 0 Å². The van der Waals surface area contributed by atoms with Gasteiger partial charge in [-0.2, -0.15) is 8.78 Å². The Balaban J connectivity index is 2.05.